The maximum absolute atomic E-state index is 6.08. The lowest BCUT2D eigenvalue weighted by Crippen LogP contribution is -2.51. The lowest BCUT2D eigenvalue weighted by Gasteiger charge is -2.47. The molecule has 1 saturated carbocycles. The number of aryl methyl sites for hydroxylation is 1. The Morgan fingerprint density at radius 1 is 1.04 bits per heavy atom. The fourth-order valence-corrected chi connectivity index (χ4v) is 6.09. The fourth-order valence-electron chi connectivity index (χ4n) is 6.09. The topological polar surface area (TPSA) is 16.4 Å². The van der Waals surface area contributed by atoms with Crippen LogP contribution >= 0.6 is 0 Å². The van der Waals surface area contributed by atoms with Gasteiger partial charge in [-0.15, -0.1) is 0 Å². The van der Waals surface area contributed by atoms with Crippen molar-refractivity contribution in [3.8, 4) is 0 Å². The van der Waals surface area contributed by atoms with Crippen molar-refractivity contribution >= 4 is 27.6 Å². The summed E-state index contributed by atoms with van der Waals surface area (Å²) in [5.74, 6) is 0.794. The molecule has 1 aromatic heterocycles. The number of nitrogens with zero attached hydrogens (tertiary/aromatic N) is 1. The molecule has 2 fully saturated rings. The van der Waals surface area contributed by atoms with E-state index < -0.39 is 0 Å². The molecule has 0 N–H and O–H groups in total. The third kappa shape index (κ3) is 1.80. The molecule has 4 unspecified atom stereocenters. The van der Waals surface area contributed by atoms with E-state index in [1.807, 2.05) is 6.07 Å². The van der Waals surface area contributed by atoms with E-state index in [1.165, 1.54) is 34.9 Å². The summed E-state index contributed by atoms with van der Waals surface area (Å²) < 4.78 is 6.08. The standard InChI is InChI=1S/C23H27NO/c1-14-10-21-18(17-8-6-7-9-20(17)25-21)11-19(14)24-16(3)23(5)13-22(24,4)12-15(23)2/h6-11,15-16H,12-13H2,1-5H3. The fraction of sp³-hybridized carbons (Fsp3) is 0.478. The highest BCUT2D eigenvalue weighted by Gasteiger charge is 2.62. The Balaban J connectivity index is 1.73. The molecule has 130 valence electrons. The molecular formula is C23H27NO. The number of furan rings is 1. The molecule has 1 aliphatic carbocycles. The first-order valence-electron chi connectivity index (χ1n) is 9.55. The molecular weight excluding hydrogens is 306 g/mol. The summed E-state index contributed by atoms with van der Waals surface area (Å²) in [5, 5.41) is 2.47. The molecule has 3 aromatic rings. The highest BCUT2D eigenvalue weighted by atomic mass is 16.3. The predicted molar refractivity (Wildman–Crippen MR) is 105 cm³/mol. The first-order chi connectivity index (χ1) is 11.8. The zero-order valence-corrected chi connectivity index (χ0v) is 15.9. The van der Waals surface area contributed by atoms with Gasteiger partial charge in [-0.05, 0) is 68.7 Å². The van der Waals surface area contributed by atoms with Crippen LogP contribution in [0.2, 0.25) is 0 Å². The number of rotatable bonds is 1. The van der Waals surface area contributed by atoms with Gasteiger partial charge in [0.05, 0.1) is 0 Å². The maximum Gasteiger partial charge on any atom is 0.135 e. The van der Waals surface area contributed by atoms with Crippen LogP contribution in [0.25, 0.3) is 21.9 Å². The van der Waals surface area contributed by atoms with Crippen LogP contribution in [-0.4, -0.2) is 11.6 Å². The van der Waals surface area contributed by atoms with Gasteiger partial charge in [-0.2, -0.15) is 0 Å². The molecule has 4 atom stereocenters. The van der Waals surface area contributed by atoms with Crippen LogP contribution in [0.5, 0.6) is 0 Å². The summed E-state index contributed by atoms with van der Waals surface area (Å²) in [5.41, 5.74) is 5.38. The molecule has 0 amide bonds. The van der Waals surface area contributed by atoms with E-state index in [4.69, 9.17) is 4.42 Å². The van der Waals surface area contributed by atoms with Gasteiger partial charge in [-0.25, -0.2) is 0 Å². The third-order valence-electron chi connectivity index (χ3n) is 7.51. The monoisotopic (exact) mass is 333 g/mol. The SMILES string of the molecule is Cc1cc2oc3ccccc3c2cc1N1C(C)C2(C)CC1(C)CC2C. The molecule has 2 nitrogen and oxygen atoms in total. The van der Waals surface area contributed by atoms with E-state index in [9.17, 15) is 0 Å². The van der Waals surface area contributed by atoms with Gasteiger partial charge in [0.25, 0.3) is 0 Å². The molecule has 25 heavy (non-hydrogen) atoms. The Labute approximate surface area is 149 Å². The molecule has 2 aromatic carbocycles. The molecule has 2 bridgehead atoms. The smallest absolute Gasteiger partial charge is 0.135 e. The number of para-hydroxylation sites is 1. The predicted octanol–water partition coefficient (Wildman–Crippen LogP) is 6.30. The number of fused-ring (bicyclic) bond motifs is 5. The van der Waals surface area contributed by atoms with Crippen molar-refractivity contribution < 1.29 is 4.42 Å². The second kappa shape index (κ2) is 4.60. The van der Waals surface area contributed by atoms with Gasteiger partial charge in [-0.1, -0.05) is 32.0 Å². The van der Waals surface area contributed by atoms with Gasteiger partial charge in [0, 0.05) is 28.0 Å². The minimum absolute atomic E-state index is 0.269. The number of hydrogen-bond donors (Lipinski definition) is 0. The van der Waals surface area contributed by atoms with E-state index in [0.29, 0.717) is 11.5 Å². The maximum atomic E-state index is 6.08. The Kier molecular flexibility index (Phi) is 2.82. The van der Waals surface area contributed by atoms with Gasteiger partial charge >= 0.3 is 0 Å². The van der Waals surface area contributed by atoms with E-state index >= 15 is 0 Å². The molecule has 0 radical (unpaired) electrons. The van der Waals surface area contributed by atoms with Crippen molar-refractivity contribution in [1.82, 2.24) is 0 Å². The summed E-state index contributed by atoms with van der Waals surface area (Å²) in [4.78, 5) is 2.73. The van der Waals surface area contributed by atoms with Gasteiger partial charge in [0.1, 0.15) is 11.2 Å². The average Bonchev–Trinajstić information content (AvgIpc) is 3.09. The molecule has 0 spiro atoms. The second-order valence-corrected chi connectivity index (χ2v) is 9.06. The second-order valence-electron chi connectivity index (χ2n) is 9.06. The largest absolute Gasteiger partial charge is 0.456 e. The first-order valence-corrected chi connectivity index (χ1v) is 9.55. The highest BCUT2D eigenvalue weighted by Crippen LogP contribution is 2.62. The zero-order chi connectivity index (χ0) is 17.6. The molecule has 5 rings (SSSR count). The Bertz CT molecular complexity index is 1000. The normalized spacial score (nSPS) is 34.5. The average molecular weight is 333 g/mol. The Morgan fingerprint density at radius 3 is 2.52 bits per heavy atom. The van der Waals surface area contributed by atoms with E-state index in [-0.39, 0.29) is 5.54 Å². The third-order valence-corrected chi connectivity index (χ3v) is 7.51. The summed E-state index contributed by atoms with van der Waals surface area (Å²) in [7, 11) is 0. The number of benzene rings is 2. The van der Waals surface area contributed by atoms with Crippen LogP contribution in [0.3, 0.4) is 0 Å². The van der Waals surface area contributed by atoms with Gasteiger partial charge < -0.3 is 9.32 Å². The lowest BCUT2D eigenvalue weighted by atomic mass is 9.75. The van der Waals surface area contributed by atoms with Crippen LogP contribution in [0.4, 0.5) is 5.69 Å². The van der Waals surface area contributed by atoms with Crippen molar-refractivity contribution in [3.63, 3.8) is 0 Å². The zero-order valence-electron chi connectivity index (χ0n) is 15.9. The minimum Gasteiger partial charge on any atom is -0.456 e. The number of hydrogen-bond acceptors (Lipinski definition) is 2. The van der Waals surface area contributed by atoms with Crippen LogP contribution in [0.15, 0.2) is 40.8 Å². The quantitative estimate of drug-likeness (QED) is 0.520. The Morgan fingerprint density at radius 2 is 1.80 bits per heavy atom. The van der Waals surface area contributed by atoms with E-state index in [2.05, 4.69) is 69.9 Å². The van der Waals surface area contributed by atoms with Crippen molar-refractivity contribution in [3.05, 3.63) is 42.0 Å². The van der Waals surface area contributed by atoms with Crippen LogP contribution in [-0.2, 0) is 0 Å². The van der Waals surface area contributed by atoms with Crippen LogP contribution in [0, 0.1) is 18.3 Å². The van der Waals surface area contributed by atoms with Crippen molar-refractivity contribution in [1.29, 1.82) is 0 Å². The van der Waals surface area contributed by atoms with Gasteiger partial charge in [-0.3, -0.25) is 0 Å². The van der Waals surface area contributed by atoms with Crippen LogP contribution < -0.4 is 4.90 Å². The van der Waals surface area contributed by atoms with Crippen molar-refractivity contribution in [2.24, 2.45) is 11.3 Å². The van der Waals surface area contributed by atoms with Crippen LogP contribution in [0.1, 0.15) is 46.1 Å². The number of anilines is 1. The molecule has 2 aliphatic rings. The van der Waals surface area contributed by atoms with Crippen molar-refractivity contribution in [2.45, 2.75) is 59.0 Å². The van der Waals surface area contributed by atoms with E-state index in [1.54, 1.807) is 0 Å². The first kappa shape index (κ1) is 15.3. The Hall–Kier alpha value is -1.96. The lowest BCUT2D eigenvalue weighted by molar-refractivity contribution is 0.200. The molecule has 1 saturated heterocycles. The summed E-state index contributed by atoms with van der Waals surface area (Å²) in [6.45, 7) is 12.1. The molecule has 2 heterocycles. The minimum atomic E-state index is 0.269. The molecule has 1 aliphatic heterocycles. The van der Waals surface area contributed by atoms with Gasteiger partial charge in [0.2, 0.25) is 0 Å². The highest BCUT2D eigenvalue weighted by molar-refractivity contribution is 6.06. The summed E-state index contributed by atoms with van der Waals surface area (Å²) >= 11 is 0. The molecule has 2 heteroatoms. The van der Waals surface area contributed by atoms with E-state index in [0.717, 1.165) is 17.1 Å². The number of piperidine rings is 1. The van der Waals surface area contributed by atoms with Crippen molar-refractivity contribution in [2.75, 3.05) is 4.90 Å². The summed E-state index contributed by atoms with van der Waals surface area (Å²) in [6, 6.07) is 13.6. The van der Waals surface area contributed by atoms with Gasteiger partial charge in [0.15, 0.2) is 0 Å². The summed E-state index contributed by atoms with van der Waals surface area (Å²) in [6.07, 6.45) is 2.59.